The summed E-state index contributed by atoms with van der Waals surface area (Å²) in [6.45, 7) is 4.83. The summed E-state index contributed by atoms with van der Waals surface area (Å²) >= 11 is 0. The third-order valence-electron chi connectivity index (χ3n) is 2.87. The van der Waals surface area contributed by atoms with Gasteiger partial charge in [0.25, 0.3) is 5.56 Å². The molecule has 5 heteroatoms. The van der Waals surface area contributed by atoms with E-state index >= 15 is 0 Å². The van der Waals surface area contributed by atoms with E-state index in [1.54, 1.807) is 6.20 Å². The van der Waals surface area contributed by atoms with Gasteiger partial charge in [-0.3, -0.25) is 4.79 Å². The second-order valence-electron chi connectivity index (χ2n) is 3.89. The van der Waals surface area contributed by atoms with Gasteiger partial charge in [-0.1, -0.05) is 26.7 Å². The summed E-state index contributed by atoms with van der Waals surface area (Å²) in [6, 6.07) is 0.0522. The van der Waals surface area contributed by atoms with Gasteiger partial charge in [0, 0.05) is 25.0 Å². The highest BCUT2D eigenvalue weighted by atomic mass is 16.1. The van der Waals surface area contributed by atoms with Gasteiger partial charge in [0.2, 0.25) is 0 Å². The lowest BCUT2D eigenvalue weighted by Crippen LogP contribution is -2.37. The second kappa shape index (κ2) is 6.27. The van der Waals surface area contributed by atoms with E-state index in [4.69, 9.17) is 5.73 Å². The molecule has 1 aromatic heterocycles. The van der Waals surface area contributed by atoms with E-state index in [9.17, 15) is 4.79 Å². The van der Waals surface area contributed by atoms with E-state index in [0.29, 0.717) is 18.3 Å². The highest BCUT2D eigenvalue weighted by Gasteiger charge is 2.14. The van der Waals surface area contributed by atoms with E-state index in [-0.39, 0.29) is 11.6 Å². The fraction of sp³-hybridized carbons (Fsp3) is 0.636. The Kier molecular flexibility index (Phi) is 4.98. The molecule has 1 aromatic rings. The number of rotatable bonds is 6. The van der Waals surface area contributed by atoms with Crippen molar-refractivity contribution in [2.75, 3.05) is 11.9 Å². The molecule has 4 N–H and O–H groups in total. The summed E-state index contributed by atoms with van der Waals surface area (Å²) in [7, 11) is 0. The largest absolute Gasteiger partial charge is 0.364 e. The highest BCUT2D eigenvalue weighted by Crippen LogP contribution is 2.11. The first-order valence-electron chi connectivity index (χ1n) is 5.72. The van der Waals surface area contributed by atoms with Crippen molar-refractivity contribution in [2.45, 2.75) is 32.7 Å². The summed E-state index contributed by atoms with van der Waals surface area (Å²) in [5.41, 5.74) is 5.83. The van der Waals surface area contributed by atoms with Gasteiger partial charge < -0.3 is 16.0 Å². The zero-order valence-corrected chi connectivity index (χ0v) is 9.86. The van der Waals surface area contributed by atoms with Crippen molar-refractivity contribution < 1.29 is 0 Å². The minimum absolute atomic E-state index is 0.0522. The number of aromatic nitrogens is 2. The summed E-state index contributed by atoms with van der Waals surface area (Å²) in [6.07, 6.45) is 5.16. The number of nitrogens with two attached hydrogens (primary N) is 1. The minimum Gasteiger partial charge on any atom is -0.364 e. The molecule has 0 spiro atoms. The zero-order valence-electron chi connectivity index (χ0n) is 9.86. The Hall–Kier alpha value is -1.36. The Bertz CT molecular complexity index is 359. The minimum atomic E-state index is -0.209. The van der Waals surface area contributed by atoms with Crippen molar-refractivity contribution in [3.63, 3.8) is 0 Å². The predicted molar refractivity (Wildman–Crippen MR) is 65.4 cm³/mol. The number of anilines is 1. The Labute approximate surface area is 95.5 Å². The van der Waals surface area contributed by atoms with Gasteiger partial charge in [0.15, 0.2) is 5.82 Å². The summed E-state index contributed by atoms with van der Waals surface area (Å²) < 4.78 is 0. The molecular formula is C11H20N4O. The molecule has 1 unspecified atom stereocenters. The first kappa shape index (κ1) is 12.7. The molecular weight excluding hydrogens is 204 g/mol. The van der Waals surface area contributed by atoms with E-state index < -0.39 is 0 Å². The van der Waals surface area contributed by atoms with E-state index in [1.807, 2.05) is 0 Å². The lowest BCUT2D eigenvalue weighted by atomic mass is 9.95. The molecule has 0 aromatic carbocycles. The average molecular weight is 224 g/mol. The topological polar surface area (TPSA) is 83.8 Å². The summed E-state index contributed by atoms with van der Waals surface area (Å²) in [5, 5.41) is 2.98. The molecule has 0 radical (unpaired) electrons. The molecule has 0 aliphatic carbocycles. The van der Waals surface area contributed by atoms with Crippen LogP contribution < -0.4 is 16.6 Å². The van der Waals surface area contributed by atoms with Crippen LogP contribution >= 0.6 is 0 Å². The second-order valence-corrected chi connectivity index (χ2v) is 3.89. The van der Waals surface area contributed by atoms with Gasteiger partial charge in [-0.05, 0) is 5.92 Å². The fourth-order valence-corrected chi connectivity index (χ4v) is 1.75. The van der Waals surface area contributed by atoms with Crippen LogP contribution in [0.3, 0.4) is 0 Å². The Morgan fingerprint density at radius 3 is 2.75 bits per heavy atom. The van der Waals surface area contributed by atoms with E-state index in [1.165, 1.54) is 6.20 Å². The van der Waals surface area contributed by atoms with Crippen LogP contribution in [0.1, 0.15) is 26.7 Å². The summed E-state index contributed by atoms with van der Waals surface area (Å²) in [5.74, 6) is 0.819. The average Bonchev–Trinajstić information content (AvgIpc) is 2.29. The van der Waals surface area contributed by atoms with Crippen LogP contribution in [0.4, 0.5) is 5.82 Å². The van der Waals surface area contributed by atoms with Gasteiger partial charge in [0.1, 0.15) is 0 Å². The zero-order chi connectivity index (χ0) is 12.0. The first-order chi connectivity index (χ1) is 7.69. The number of hydrogen-bond acceptors (Lipinski definition) is 4. The molecule has 5 nitrogen and oxygen atoms in total. The maximum atomic E-state index is 11.3. The molecule has 0 bridgehead atoms. The maximum Gasteiger partial charge on any atom is 0.290 e. The fourth-order valence-electron chi connectivity index (χ4n) is 1.75. The number of H-pyrrole nitrogens is 1. The van der Waals surface area contributed by atoms with E-state index in [2.05, 4.69) is 29.1 Å². The van der Waals surface area contributed by atoms with Gasteiger partial charge in [-0.15, -0.1) is 0 Å². The molecule has 0 aliphatic rings. The Balaban J connectivity index is 2.52. The van der Waals surface area contributed by atoms with Crippen molar-refractivity contribution >= 4 is 5.82 Å². The molecule has 16 heavy (non-hydrogen) atoms. The lowest BCUT2D eigenvalue weighted by molar-refractivity contribution is 0.407. The van der Waals surface area contributed by atoms with Crippen molar-refractivity contribution in [2.24, 2.45) is 11.7 Å². The monoisotopic (exact) mass is 224 g/mol. The molecule has 90 valence electrons. The highest BCUT2D eigenvalue weighted by molar-refractivity contribution is 5.30. The van der Waals surface area contributed by atoms with Crippen LogP contribution in [-0.2, 0) is 0 Å². The molecule has 0 saturated carbocycles. The van der Waals surface area contributed by atoms with Crippen LogP contribution in [-0.4, -0.2) is 22.6 Å². The number of nitrogens with zero attached hydrogens (tertiary/aromatic N) is 1. The van der Waals surface area contributed by atoms with Gasteiger partial charge in [0.05, 0.1) is 0 Å². The quantitative estimate of drug-likeness (QED) is 0.671. The van der Waals surface area contributed by atoms with Crippen LogP contribution in [0.5, 0.6) is 0 Å². The molecule has 0 fully saturated rings. The van der Waals surface area contributed by atoms with Crippen LogP contribution in [0.15, 0.2) is 17.2 Å². The molecule has 0 aliphatic heterocycles. The first-order valence-corrected chi connectivity index (χ1v) is 5.72. The van der Waals surface area contributed by atoms with E-state index in [0.717, 1.165) is 12.8 Å². The van der Waals surface area contributed by atoms with Crippen molar-refractivity contribution in [1.82, 2.24) is 9.97 Å². The Morgan fingerprint density at radius 2 is 2.19 bits per heavy atom. The van der Waals surface area contributed by atoms with Crippen LogP contribution in [0.2, 0.25) is 0 Å². The molecule has 0 saturated heterocycles. The normalized spacial score (nSPS) is 12.8. The molecule has 1 atom stereocenters. The van der Waals surface area contributed by atoms with Crippen molar-refractivity contribution in [1.29, 1.82) is 0 Å². The van der Waals surface area contributed by atoms with Gasteiger partial charge in [-0.2, -0.15) is 0 Å². The number of hydrogen-bond donors (Lipinski definition) is 3. The smallest absolute Gasteiger partial charge is 0.290 e. The molecule has 1 rings (SSSR count). The Morgan fingerprint density at radius 1 is 1.50 bits per heavy atom. The molecule has 1 heterocycles. The van der Waals surface area contributed by atoms with Crippen molar-refractivity contribution in [3.05, 3.63) is 22.7 Å². The van der Waals surface area contributed by atoms with Crippen molar-refractivity contribution in [3.8, 4) is 0 Å². The molecule has 0 amide bonds. The van der Waals surface area contributed by atoms with Gasteiger partial charge in [-0.25, -0.2) is 4.98 Å². The third kappa shape index (κ3) is 3.34. The number of nitrogens with one attached hydrogen (secondary N) is 2. The van der Waals surface area contributed by atoms with Gasteiger partial charge >= 0.3 is 0 Å². The van der Waals surface area contributed by atoms with Crippen LogP contribution in [0.25, 0.3) is 0 Å². The lowest BCUT2D eigenvalue weighted by Gasteiger charge is -2.21. The SMILES string of the molecule is CCC(CC)C(N)CNc1ncc[nH]c1=O. The predicted octanol–water partition coefficient (Wildman–Crippen LogP) is 0.945. The standard InChI is InChI=1S/C11H20N4O/c1-3-8(4-2)9(12)7-15-10-11(16)14-6-5-13-10/h5-6,8-9H,3-4,7,12H2,1-2H3,(H,13,15)(H,14,16). The number of aromatic amines is 1. The third-order valence-corrected chi connectivity index (χ3v) is 2.87. The van der Waals surface area contributed by atoms with Crippen LogP contribution in [0, 0.1) is 5.92 Å². The summed E-state index contributed by atoms with van der Waals surface area (Å²) in [4.78, 5) is 17.8. The maximum absolute atomic E-state index is 11.3.